The minimum Gasteiger partial charge on any atom is -0.341 e. The molecular weight excluding hydrogens is 262 g/mol. The molecule has 1 aromatic carbocycles. The number of nitrogens with zero attached hydrogens (tertiary/aromatic N) is 4. The van der Waals surface area contributed by atoms with Crippen molar-refractivity contribution in [1.29, 1.82) is 0 Å². The van der Waals surface area contributed by atoms with Gasteiger partial charge in [0.25, 0.3) is 0 Å². The molecule has 5 nitrogen and oxygen atoms in total. The summed E-state index contributed by atoms with van der Waals surface area (Å²) in [4.78, 5) is 10.8. The van der Waals surface area contributed by atoms with Gasteiger partial charge in [-0.05, 0) is 37.6 Å². The summed E-state index contributed by atoms with van der Waals surface area (Å²) in [5.74, 6) is 1.09. The first-order valence-electron chi connectivity index (χ1n) is 7.47. The maximum atomic E-state index is 4.78. The number of likely N-dealkylation sites (tertiary alicyclic amines) is 1. The maximum Gasteiger partial charge on any atom is 0.124 e. The number of nitrogens with one attached hydrogen (secondary N) is 1. The standard InChI is InChI=1S/C16H19N5/c1-20-12(8-9-17-20)11-21-10-4-7-15(21)16-18-13-5-2-3-6-14(13)19-16/h2-3,5-6,8-9,15H,4,7,10-11H2,1H3,(H,18,19). The van der Waals surface area contributed by atoms with Crippen LogP contribution in [0, 0.1) is 0 Å². The molecule has 1 aliphatic rings. The smallest absolute Gasteiger partial charge is 0.124 e. The highest BCUT2D eigenvalue weighted by Gasteiger charge is 2.28. The number of fused-ring (bicyclic) bond motifs is 1. The molecule has 21 heavy (non-hydrogen) atoms. The molecule has 3 aromatic rings. The minimum atomic E-state index is 0.382. The summed E-state index contributed by atoms with van der Waals surface area (Å²) >= 11 is 0. The van der Waals surface area contributed by atoms with E-state index in [1.807, 2.05) is 30.1 Å². The van der Waals surface area contributed by atoms with Gasteiger partial charge in [-0.15, -0.1) is 0 Å². The lowest BCUT2D eigenvalue weighted by molar-refractivity contribution is 0.235. The van der Waals surface area contributed by atoms with Crippen molar-refractivity contribution >= 4 is 11.0 Å². The van der Waals surface area contributed by atoms with Crippen LogP contribution in [0.25, 0.3) is 11.0 Å². The summed E-state index contributed by atoms with van der Waals surface area (Å²) in [6.45, 7) is 2.05. The largest absolute Gasteiger partial charge is 0.341 e. The third-order valence-electron chi connectivity index (χ3n) is 4.37. The van der Waals surface area contributed by atoms with Gasteiger partial charge in [-0.2, -0.15) is 5.10 Å². The van der Waals surface area contributed by atoms with E-state index < -0.39 is 0 Å². The third-order valence-corrected chi connectivity index (χ3v) is 4.37. The fourth-order valence-electron chi connectivity index (χ4n) is 3.22. The van der Waals surface area contributed by atoms with Crippen LogP contribution >= 0.6 is 0 Å². The van der Waals surface area contributed by atoms with E-state index in [0.717, 1.165) is 36.4 Å². The number of imidazole rings is 1. The third kappa shape index (κ3) is 2.23. The number of hydrogen-bond acceptors (Lipinski definition) is 3. The van der Waals surface area contributed by atoms with Crippen molar-refractivity contribution < 1.29 is 0 Å². The number of aryl methyl sites for hydroxylation is 1. The van der Waals surface area contributed by atoms with Gasteiger partial charge in [-0.25, -0.2) is 4.98 Å². The highest BCUT2D eigenvalue weighted by molar-refractivity contribution is 5.74. The molecule has 1 aliphatic heterocycles. The lowest BCUT2D eigenvalue weighted by Gasteiger charge is -2.22. The van der Waals surface area contributed by atoms with Crippen molar-refractivity contribution in [2.75, 3.05) is 6.54 Å². The number of para-hydroxylation sites is 2. The Labute approximate surface area is 123 Å². The second-order valence-electron chi connectivity index (χ2n) is 5.71. The molecule has 1 unspecified atom stereocenters. The zero-order chi connectivity index (χ0) is 14.2. The Bertz CT molecular complexity index is 724. The fraction of sp³-hybridized carbons (Fsp3) is 0.375. The summed E-state index contributed by atoms with van der Waals surface area (Å²) < 4.78 is 1.95. The van der Waals surface area contributed by atoms with Gasteiger partial charge in [-0.1, -0.05) is 12.1 Å². The molecule has 0 radical (unpaired) electrons. The van der Waals surface area contributed by atoms with Crippen LogP contribution in [0.3, 0.4) is 0 Å². The number of rotatable bonds is 3. The van der Waals surface area contributed by atoms with Crippen molar-refractivity contribution in [1.82, 2.24) is 24.6 Å². The van der Waals surface area contributed by atoms with E-state index in [1.54, 1.807) is 0 Å². The van der Waals surface area contributed by atoms with Gasteiger partial charge in [0.15, 0.2) is 0 Å². The van der Waals surface area contributed by atoms with E-state index in [2.05, 4.69) is 33.2 Å². The number of aromatic nitrogens is 4. The van der Waals surface area contributed by atoms with Gasteiger partial charge in [0.2, 0.25) is 0 Å². The first-order chi connectivity index (χ1) is 10.3. The molecule has 1 atom stereocenters. The molecule has 1 fully saturated rings. The highest BCUT2D eigenvalue weighted by atomic mass is 15.3. The summed E-state index contributed by atoms with van der Waals surface area (Å²) in [5, 5.41) is 4.26. The van der Waals surface area contributed by atoms with Crippen molar-refractivity contribution in [3.8, 4) is 0 Å². The molecule has 1 saturated heterocycles. The molecule has 0 bridgehead atoms. The molecule has 3 heterocycles. The second-order valence-corrected chi connectivity index (χ2v) is 5.71. The van der Waals surface area contributed by atoms with Crippen molar-refractivity contribution in [2.45, 2.75) is 25.4 Å². The van der Waals surface area contributed by atoms with Gasteiger partial charge < -0.3 is 4.98 Å². The second kappa shape index (κ2) is 5.00. The molecule has 108 valence electrons. The molecule has 0 amide bonds. The van der Waals surface area contributed by atoms with Crippen LogP contribution < -0.4 is 0 Å². The SMILES string of the molecule is Cn1nccc1CN1CCCC1c1nc2ccccc2[nH]1. The van der Waals surface area contributed by atoms with Crippen LogP contribution in [0.4, 0.5) is 0 Å². The zero-order valence-electron chi connectivity index (χ0n) is 12.2. The minimum absolute atomic E-state index is 0.382. The van der Waals surface area contributed by atoms with Crippen molar-refractivity contribution in [2.24, 2.45) is 7.05 Å². The van der Waals surface area contributed by atoms with E-state index in [4.69, 9.17) is 4.98 Å². The molecule has 0 saturated carbocycles. The number of H-pyrrole nitrogens is 1. The fourth-order valence-corrected chi connectivity index (χ4v) is 3.22. The van der Waals surface area contributed by atoms with E-state index in [0.29, 0.717) is 6.04 Å². The number of aromatic amines is 1. The van der Waals surface area contributed by atoms with Gasteiger partial charge in [0.05, 0.1) is 22.8 Å². The molecule has 5 heteroatoms. The van der Waals surface area contributed by atoms with Crippen LogP contribution in [-0.2, 0) is 13.6 Å². The Balaban J connectivity index is 1.62. The first kappa shape index (κ1) is 12.6. The quantitative estimate of drug-likeness (QED) is 0.803. The predicted octanol–water partition coefficient (Wildman–Crippen LogP) is 2.63. The summed E-state index contributed by atoms with van der Waals surface area (Å²) in [6.07, 6.45) is 4.25. The van der Waals surface area contributed by atoms with Gasteiger partial charge in [0.1, 0.15) is 5.82 Å². The van der Waals surface area contributed by atoms with E-state index in [-0.39, 0.29) is 0 Å². The normalized spacial score (nSPS) is 19.6. The molecule has 1 N–H and O–H groups in total. The zero-order valence-corrected chi connectivity index (χ0v) is 12.2. The lowest BCUT2D eigenvalue weighted by Crippen LogP contribution is -2.24. The monoisotopic (exact) mass is 281 g/mol. The summed E-state index contributed by atoms with van der Waals surface area (Å²) in [7, 11) is 2.00. The summed E-state index contributed by atoms with van der Waals surface area (Å²) in [5.41, 5.74) is 3.43. The van der Waals surface area contributed by atoms with Crippen molar-refractivity contribution in [3.63, 3.8) is 0 Å². The Kier molecular flexibility index (Phi) is 3.00. The van der Waals surface area contributed by atoms with Crippen molar-refractivity contribution in [3.05, 3.63) is 48.0 Å². The molecule has 4 rings (SSSR count). The van der Waals surface area contributed by atoms with E-state index in [9.17, 15) is 0 Å². The molecular formula is C16H19N5. The lowest BCUT2D eigenvalue weighted by atomic mass is 10.2. The molecule has 2 aromatic heterocycles. The van der Waals surface area contributed by atoms with E-state index in [1.165, 1.54) is 12.1 Å². The average Bonchev–Trinajstić information content (AvgIpc) is 3.19. The van der Waals surface area contributed by atoms with Crippen LogP contribution in [-0.4, -0.2) is 31.2 Å². The topological polar surface area (TPSA) is 49.7 Å². The van der Waals surface area contributed by atoms with Crippen LogP contribution in [0.5, 0.6) is 0 Å². The Morgan fingerprint density at radius 3 is 3.00 bits per heavy atom. The number of hydrogen-bond donors (Lipinski definition) is 1. The number of benzene rings is 1. The van der Waals surface area contributed by atoms with Crippen LogP contribution in [0.1, 0.15) is 30.4 Å². The van der Waals surface area contributed by atoms with E-state index >= 15 is 0 Å². The molecule has 0 spiro atoms. The predicted molar refractivity (Wildman–Crippen MR) is 81.7 cm³/mol. The maximum absolute atomic E-state index is 4.78. The van der Waals surface area contributed by atoms with Gasteiger partial charge in [0, 0.05) is 19.8 Å². The first-order valence-corrected chi connectivity index (χ1v) is 7.47. The van der Waals surface area contributed by atoms with Crippen LogP contribution in [0.2, 0.25) is 0 Å². The van der Waals surface area contributed by atoms with Gasteiger partial charge >= 0.3 is 0 Å². The average molecular weight is 281 g/mol. The summed E-state index contributed by atoms with van der Waals surface area (Å²) in [6, 6.07) is 10.7. The Morgan fingerprint density at radius 2 is 2.19 bits per heavy atom. The molecule has 0 aliphatic carbocycles. The van der Waals surface area contributed by atoms with Gasteiger partial charge in [-0.3, -0.25) is 9.58 Å². The Hall–Kier alpha value is -2.14. The Morgan fingerprint density at radius 1 is 1.29 bits per heavy atom. The highest BCUT2D eigenvalue weighted by Crippen LogP contribution is 2.32. The van der Waals surface area contributed by atoms with Crippen LogP contribution in [0.15, 0.2) is 36.5 Å².